The van der Waals surface area contributed by atoms with Gasteiger partial charge >= 0.3 is 11.9 Å². The first-order valence-corrected chi connectivity index (χ1v) is 10.4. The fourth-order valence-corrected chi connectivity index (χ4v) is 3.46. The molecule has 0 bridgehead atoms. The molecule has 0 saturated carbocycles. The van der Waals surface area contributed by atoms with Crippen LogP contribution in [-0.4, -0.2) is 39.7 Å². The van der Waals surface area contributed by atoms with Crippen molar-refractivity contribution in [3.63, 3.8) is 0 Å². The van der Waals surface area contributed by atoms with E-state index in [9.17, 15) is 28.7 Å². The summed E-state index contributed by atoms with van der Waals surface area (Å²) in [5.41, 5.74) is 0.0277. The molecule has 3 aromatic carbocycles. The van der Waals surface area contributed by atoms with Crippen molar-refractivity contribution >= 4 is 46.9 Å². The Bertz CT molecular complexity index is 1210. The summed E-state index contributed by atoms with van der Waals surface area (Å²) in [4.78, 5) is 47.8. The van der Waals surface area contributed by atoms with Crippen molar-refractivity contribution in [1.29, 1.82) is 0 Å². The number of thioether (sulfide) groups is 1. The second kappa shape index (κ2) is 10.4. The molecule has 0 saturated heterocycles. The number of rotatable bonds is 8. The molecule has 0 fully saturated rings. The minimum absolute atomic E-state index is 0.112. The van der Waals surface area contributed by atoms with Gasteiger partial charge in [0, 0.05) is 16.3 Å². The third kappa shape index (κ3) is 6.40. The van der Waals surface area contributed by atoms with Gasteiger partial charge in [0.1, 0.15) is 5.82 Å². The zero-order valence-electron chi connectivity index (χ0n) is 16.9. The molecule has 168 valence electrons. The van der Waals surface area contributed by atoms with E-state index in [1.807, 2.05) is 0 Å². The molecule has 3 rings (SSSR count). The van der Waals surface area contributed by atoms with E-state index in [2.05, 4.69) is 10.6 Å². The number of hydrogen-bond donors (Lipinski definition) is 4. The normalized spacial score (nSPS) is 10.3. The molecule has 8 nitrogen and oxygen atoms in total. The van der Waals surface area contributed by atoms with Crippen LogP contribution in [0.25, 0.3) is 0 Å². The highest BCUT2D eigenvalue weighted by Crippen LogP contribution is 2.22. The zero-order valence-corrected chi connectivity index (χ0v) is 17.7. The molecular formula is C23H17FN2O6S. The summed E-state index contributed by atoms with van der Waals surface area (Å²) in [7, 11) is 0. The van der Waals surface area contributed by atoms with Crippen LogP contribution in [0, 0.1) is 5.82 Å². The van der Waals surface area contributed by atoms with Crippen LogP contribution in [-0.2, 0) is 4.79 Å². The number of carboxylic acid groups (broad SMARTS) is 2. The lowest BCUT2D eigenvalue weighted by Crippen LogP contribution is -2.17. The number of anilines is 2. The summed E-state index contributed by atoms with van der Waals surface area (Å²) >= 11 is 1.25. The van der Waals surface area contributed by atoms with Crippen molar-refractivity contribution in [3.05, 3.63) is 89.2 Å². The molecule has 10 heteroatoms. The number of benzene rings is 3. The van der Waals surface area contributed by atoms with Crippen molar-refractivity contribution in [2.45, 2.75) is 4.90 Å². The van der Waals surface area contributed by atoms with Gasteiger partial charge in [-0.1, -0.05) is 0 Å². The predicted molar refractivity (Wildman–Crippen MR) is 121 cm³/mol. The maximum Gasteiger partial charge on any atom is 0.336 e. The molecule has 2 amide bonds. The van der Waals surface area contributed by atoms with E-state index in [0.717, 1.165) is 23.1 Å². The lowest BCUT2D eigenvalue weighted by Gasteiger charge is -2.10. The van der Waals surface area contributed by atoms with Crippen molar-refractivity contribution in [2.24, 2.45) is 0 Å². The fourth-order valence-electron chi connectivity index (χ4n) is 2.76. The Balaban J connectivity index is 1.59. The van der Waals surface area contributed by atoms with Gasteiger partial charge in [-0.05, 0) is 66.7 Å². The molecule has 33 heavy (non-hydrogen) atoms. The van der Waals surface area contributed by atoms with Crippen molar-refractivity contribution in [2.75, 3.05) is 16.4 Å². The average molecular weight is 468 g/mol. The summed E-state index contributed by atoms with van der Waals surface area (Å²) in [6.45, 7) is 0. The largest absolute Gasteiger partial charge is 0.478 e. The van der Waals surface area contributed by atoms with Crippen LogP contribution in [0.2, 0.25) is 0 Å². The number of aromatic carboxylic acids is 2. The summed E-state index contributed by atoms with van der Waals surface area (Å²) < 4.78 is 12.9. The van der Waals surface area contributed by atoms with E-state index >= 15 is 0 Å². The second-order valence-corrected chi connectivity index (χ2v) is 7.74. The lowest BCUT2D eigenvalue weighted by atomic mass is 10.0. The molecule has 0 spiro atoms. The van der Waals surface area contributed by atoms with Crippen LogP contribution in [0.1, 0.15) is 31.1 Å². The number of amides is 2. The van der Waals surface area contributed by atoms with E-state index < -0.39 is 29.2 Å². The molecule has 4 N–H and O–H groups in total. The third-order valence-corrected chi connectivity index (χ3v) is 5.36. The van der Waals surface area contributed by atoms with E-state index in [-0.39, 0.29) is 22.8 Å². The smallest absolute Gasteiger partial charge is 0.336 e. The van der Waals surface area contributed by atoms with Gasteiger partial charge in [-0.15, -0.1) is 11.8 Å². The van der Waals surface area contributed by atoms with Crippen LogP contribution in [0.3, 0.4) is 0 Å². The van der Waals surface area contributed by atoms with Crippen LogP contribution >= 0.6 is 11.8 Å². The van der Waals surface area contributed by atoms with Gasteiger partial charge in [-0.2, -0.15) is 0 Å². The van der Waals surface area contributed by atoms with Gasteiger partial charge in [0.05, 0.1) is 22.4 Å². The molecule has 0 unspecified atom stereocenters. The quantitative estimate of drug-likeness (QED) is 0.364. The highest BCUT2D eigenvalue weighted by atomic mass is 32.2. The predicted octanol–water partition coefficient (Wildman–Crippen LogP) is 4.21. The number of carbonyl (C=O) groups excluding carboxylic acids is 2. The average Bonchev–Trinajstić information content (AvgIpc) is 2.79. The zero-order chi connectivity index (χ0) is 24.0. The van der Waals surface area contributed by atoms with Gasteiger partial charge in [-0.3, -0.25) is 9.59 Å². The molecule has 0 aliphatic rings. The Hall–Kier alpha value is -4.18. The Morgan fingerprint density at radius 1 is 0.758 bits per heavy atom. The number of halogens is 1. The van der Waals surface area contributed by atoms with Crippen LogP contribution in [0.4, 0.5) is 15.8 Å². The van der Waals surface area contributed by atoms with E-state index in [1.165, 1.54) is 36.0 Å². The van der Waals surface area contributed by atoms with Gasteiger partial charge < -0.3 is 20.8 Å². The highest BCUT2D eigenvalue weighted by molar-refractivity contribution is 8.00. The lowest BCUT2D eigenvalue weighted by molar-refractivity contribution is -0.113. The number of nitrogens with one attached hydrogen (secondary N) is 2. The second-order valence-electron chi connectivity index (χ2n) is 6.69. The van der Waals surface area contributed by atoms with Crippen LogP contribution in [0.5, 0.6) is 0 Å². The third-order valence-electron chi connectivity index (χ3n) is 4.35. The minimum atomic E-state index is -1.42. The Morgan fingerprint density at radius 2 is 1.36 bits per heavy atom. The molecule has 0 atom stereocenters. The maximum absolute atomic E-state index is 12.9. The fraction of sp³-hybridized carbons (Fsp3) is 0.0435. The molecule has 3 aromatic rings. The monoisotopic (exact) mass is 468 g/mol. The SMILES string of the molecule is O=C(CSc1ccc(NC(=O)c2ccc(C(=O)O)cc2C(=O)O)cc1)Nc1ccc(F)cc1. The van der Waals surface area contributed by atoms with E-state index in [0.29, 0.717) is 11.4 Å². The van der Waals surface area contributed by atoms with Crippen molar-refractivity contribution < 1.29 is 33.8 Å². The van der Waals surface area contributed by atoms with Gasteiger partial charge in [0.25, 0.3) is 5.91 Å². The van der Waals surface area contributed by atoms with Gasteiger partial charge in [-0.25, -0.2) is 14.0 Å². The first-order valence-electron chi connectivity index (χ1n) is 9.43. The highest BCUT2D eigenvalue weighted by Gasteiger charge is 2.19. The summed E-state index contributed by atoms with van der Waals surface area (Å²) in [6, 6.07) is 15.2. The van der Waals surface area contributed by atoms with Crippen LogP contribution < -0.4 is 10.6 Å². The molecule has 0 radical (unpaired) electrons. The minimum Gasteiger partial charge on any atom is -0.478 e. The Kier molecular flexibility index (Phi) is 7.42. The molecular weight excluding hydrogens is 451 g/mol. The number of carboxylic acids is 2. The molecule has 0 aliphatic carbocycles. The van der Waals surface area contributed by atoms with Crippen molar-refractivity contribution in [3.8, 4) is 0 Å². The summed E-state index contributed by atoms with van der Waals surface area (Å²) in [5.74, 6) is -3.98. The Morgan fingerprint density at radius 3 is 1.97 bits per heavy atom. The molecule has 0 aliphatic heterocycles. The number of carbonyl (C=O) groups is 4. The number of hydrogen-bond acceptors (Lipinski definition) is 5. The molecule has 0 heterocycles. The van der Waals surface area contributed by atoms with E-state index in [4.69, 9.17) is 5.11 Å². The van der Waals surface area contributed by atoms with Crippen molar-refractivity contribution in [1.82, 2.24) is 0 Å². The first-order chi connectivity index (χ1) is 15.7. The standard InChI is InChI=1S/C23H17FN2O6S/c24-14-2-4-15(5-3-14)25-20(27)12-33-17-8-6-16(7-9-17)26-21(28)18-10-1-13(22(29)30)11-19(18)23(31)32/h1-11H,12H2,(H,25,27)(H,26,28)(H,29,30)(H,31,32). The first kappa shape index (κ1) is 23.5. The van der Waals surface area contributed by atoms with Gasteiger partial charge in [0.2, 0.25) is 5.91 Å². The van der Waals surface area contributed by atoms with Gasteiger partial charge in [0.15, 0.2) is 0 Å². The maximum atomic E-state index is 12.9. The van der Waals surface area contributed by atoms with E-state index in [1.54, 1.807) is 24.3 Å². The summed E-state index contributed by atoms with van der Waals surface area (Å²) in [6.07, 6.45) is 0. The topological polar surface area (TPSA) is 133 Å². The van der Waals surface area contributed by atoms with Crippen LogP contribution in [0.15, 0.2) is 71.6 Å². The summed E-state index contributed by atoms with van der Waals surface area (Å²) in [5, 5.41) is 23.5. The Labute approximate surface area is 191 Å². The molecule has 0 aromatic heterocycles.